The third kappa shape index (κ3) is 2.45. The molecule has 0 spiro atoms. The molecule has 0 amide bonds. The number of hydrogen-bond donors (Lipinski definition) is 1. The van der Waals surface area contributed by atoms with E-state index in [0.29, 0.717) is 27.0 Å². The summed E-state index contributed by atoms with van der Waals surface area (Å²) in [5, 5.41) is 10.9. The summed E-state index contributed by atoms with van der Waals surface area (Å²) in [5.74, 6) is -0.569. The third-order valence-electron chi connectivity index (χ3n) is 3.50. The van der Waals surface area contributed by atoms with Crippen LogP contribution in [0.5, 0.6) is 11.5 Å². The summed E-state index contributed by atoms with van der Waals surface area (Å²) in [6.45, 7) is 0. The van der Waals surface area contributed by atoms with E-state index in [1.165, 1.54) is 19.4 Å². The number of carbonyl (C=O) groups excluding carboxylic acids is 1. The van der Waals surface area contributed by atoms with Crippen LogP contribution in [0.1, 0.15) is 21.8 Å². The topological polar surface area (TPSA) is 58.9 Å². The van der Waals surface area contributed by atoms with E-state index >= 15 is 0 Å². The molecule has 2 aromatic carbocycles. The lowest BCUT2D eigenvalue weighted by Crippen LogP contribution is -2.18. The van der Waals surface area contributed by atoms with Crippen LogP contribution in [0, 0.1) is 0 Å². The molecule has 1 unspecified atom stereocenters. The second-order valence-corrected chi connectivity index (χ2v) is 5.65. The van der Waals surface area contributed by atoms with Gasteiger partial charge in [0.25, 0.3) is 0 Å². The summed E-state index contributed by atoms with van der Waals surface area (Å²) >= 11 is 11.9. The lowest BCUT2D eigenvalue weighted by molar-refractivity contribution is 0.0980. The van der Waals surface area contributed by atoms with Crippen molar-refractivity contribution in [3.63, 3.8) is 0 Å². The minimum Gasteiger partial charge on any atom is -0.507 e. The van der Waals surface area contributed by atoms with Gasteiger partial charge in [0.2, 0.25) is 0 Å². The van der Waals surface area contributed by atoms with E-state index in [4.69, 9.17) is 27.9 Å². The first-order chi connectivity index (χ1) is 10.5. The minimum absolute atomic E-state index is 0.152. The molecule has 0 fully saturated rings. The summed E-state index contributed by atoms with van der Waals surface area (Å²) in [7, 11) is 1.48. The molecule has 0 saturated carbocycles. The number of phenolic OH excluding ortho intramolecular Hbond substituents is 1. The Morgan fingerprint density at radius 1 is 1.18 bits per heavy atom. The highest BCUT2D eigenvalue weighted by atomic mass is 35.5. The predicted molar refractivity (Wildman–Crippen MR) is 86.3 cm³/mol. The molecule has 0 saturated heterocycles. The normalized spacial score (nSPS) is 16.5. The number of ether oxygens (including phenoxy) is 1. The molecule has 1 atom stereocenters. The second-order valence-electron chi connectivity index (χ2n) is 4.83. The Morgan fingerprint density at radius 2 is 1.95 bits per heavy atom. The van der Waals surface area contributed by atoms with Gasteiger partial charge in [0.1, 0.15) is 11.5 Å². The monoisotopic (exact) mass is 335 g/mol. The number of phenols is 1. The van der Waals surface area contributed by atoms with Crippen LogP contribution in [-0.4, -0.2) is 24.2 Å². The maximum atomic E-state index is 12.7. The van der Waals surface area contributed by atoms with Crippen molar-refractivity contribution < 1.29 is 14.6 Å². The van der Waals surface area contributed by atoms with Crippen molar-refractivity contribution in [3.8, 4) is 11.5 Å². The third-order valence-corrected chi connectivity index (χ3v) is 4.24. The average Bonchev–Trinajstić information content (AvgIpc) is 2.50. The Labute approximate surface area is 137 Å². The maximum Gasteiger partial charge on any atom is 0.181 e. The number of rotatable bonds is 2. The molecule has 112 valence electrons. The van der Waals surface area contributed by atoms with Gasteiger partial charge in [-0.25, -0.2) is 0 Å². The highest BCUT2D eigenvalue weighted by molar-refractivity contribution is 6.42. The van der Waals surface area contributed by atoms with E-state index in [2.05, 4.69) is 4.99 Å². The zero-order valence-electron chi connectivity index (χ0n) is 11.5. The number of benzene rings is 2. The molecule has 0 aromatic heterocycles. The Bertz CT molecular complexity index is 802. The van der Waals surface area contributed by atoms with Crippen molar-refractivity contribution in [2.45, 2.75) is 5.92 Å². The Balaban J connectivity index is 2.07. The van der Waals surface area contributed by atoms with Crippen molar-refractivity contribution in [3.05, 3.63) is 51.5 Å². The van der Waals surface area contributed by atoms with Gasteiger partial charge in [-0.05, 0) is 17.7 Å². The Hall–Kier alpha value is -2.04. The predicted octanol–water partition coefficient (Wildman–Crippen LogP) is 4.39. The van der Waals surface area contributed by atoms with E-state index < -0.39 is 5.92 Å². The summed E-state index contributed by atoms with van der Waals surface area (Å²) in [4.78, 5) is 16.9. The first-order valence-corrected chi connectivity index (χ1v) is 7.21. The SMILES string of the molecule is COc1cc(O)c2c(c1)N=CC(c1ccc(Cl)c(Cl)c1)C2=O. The number of halogens is 2. The van der Waals surface area contributed by atoms with E-state index in [0.717, 1.165) is 0 Å². The molecule has 0 bridgehead atoms. The van der Waals surface area contributed by atoms with Crippen LogP contribution in [0.25, 0.3) is 0 Å². The molecule has 1 aliphatic rings. The standard InChI is InChI=1S/C16H11Cl2NO3/c1-22-9-5-13-15(14(20)6-9)16(21)10(7-19-13)8-2-3-11(17)12(18)4-8/h2-7,10,20H,1H3. The molecule has 2 aromatic rings. The maximum absolute atomic E-state index is 12.7. The summed E-state index contributed by atoms with van der Waals surface area (Å²) < 4.78 is 5.06. The van der Waals surface area contributed by atoms with Crippen LogP contribution in [-0.2, 0) is 0 Å². The number of Topliss-reactive ketones (excluding diaryl/α,β-unsaturated/α-hetero) is 1. The molecule has 1 heterocycles. The van der Waals surface area contributed by atoms with E-state index in [1.54, 1.807) is 24.3 Å². The number of aliphatic imine (C=N–C) groups is 1. The lowest BCUT2D eigenvalue weighted by Gasteiger charge is -2.19. The van der Waals surface area contributed by atoms with Gasteiger partial charge in [-0.1, -0.05) is 29.3 Å². The van der Waals surface area contributed by atoms with Crippen LogP contribution in [0.4, 0.5) is 5.69 Å². The van der Waals surface area contributed by atoms with Gasteiger partial charge in [0, 0.05) is 18.3 Å². The van der Waals surface area contributed by atoms with Gasteiger partial charge in [-0.15, -0.1) is 0 Å². The number of hydrogen-bond acceptors (Lipinski definition) is 4. The zero-order chi connectivity index (χ0) is 15.9. The smallest absolute Gasteiger partial charge is 0.181 e. The Kier molecular flexibility index (Phi) is 3.81. The van der Waals surface area contributed by atoms with Gasteiger partial charge in [-0.2, -0.15) is 0 Å². The van der Waals surface area contributed by atoms with Crippen LogP contribution < -0.4 is 4.74 Å². The second kappa shape index (κ2) is 5.63. The van der Waals surface area contributed by atoms with Crippen molar-refractivity contribution >= 4 is 40.9 Å². The molecule has 6 heteroatoms. The van der Waals surface area contributed by atoms with Crippen LogP contribution in [0.15, 0.2) is 35.3 Å². The van der Waals surface area contributed by atoms with Crippen molar-refractivity contribution in [2.75, 3.05) is 7.11 Å². The molecule has 4 nitrogen and oxygen atoms in total. The summed E-state index contributed by atoms with van der Waals surface area (Å²) in [6, 6.07) is 7.97. The van der Waals surface area contributed by atoms with Gasteiger partial charge in [-0.3, -0.25) is 9.79 Å². The minimum atomic E-state index is -0.610. The average molecular weight is 336 g/mol. The molecule has 22 heavy (non-hydrogen) atoms. The van der Waals surface area contributed by atoms with Gasteiger partial charge in [0.05, 0.1) is 34.3 Å². The van der Waals surface area contributed by atoms with Gasteiger partial charge in [0.15, 0.2) is 5.78 Å². The van der Waals surface area contributed by atoms with Gasteiger partial charge < -0.3 is 9.84 Å². The first kappa shape index (κ1) is 14.9. The van der Waals surface area contributed by atoms with E-state index in [1.807, 2.05) is 0 Å². The van der Waals surface area contributed by atoms with Crippen molar-refractivity contribution in [2.24, 2.45) is 4.99 Å². The molecular formula is C16H11Cl2NO3. The molecule has 0 radical (unpaired) electrons. The number of ketones is 1. The fourth-order valence-electron chi connectivity index (χ4n) is 2.38. The number of aromatic hydroxyl groups is 1. The molecule has 1 aliphatic heterocycles. The summed E-state index contributed by atoms with van der Waals surface area (Å²) in [5.41, 5.74) is 1.24. The number of fused-ring (bicyclic) bond motifs is 1. The van der Waals surface area contributed by atoms with Gasteiger partial charge >= 0.3 is 0 Å². The first-order valence-electron chi connectivity index (χ1n) is 6.45. The van der Waals surface area contributed by atoms with Crippen molar-refractivity contribution in [1.82, 2.24) is 0 Å². The number of methoxy groups -OCH3 is 1. The molecule has 0 aliphatic carbocycles. The molecule has 3 rings (SSSR count). The highest BCUT2D eigenvalue weighted by Crippen LogP contribution is 2.40. The number of carbonyl (C=O) groups is 1. The number of nitrogens with zero attached hydrogens (tertiary/aromatic N) is 1. The summed E-state index contributed by atoms with van der Waals surface area (Å²) in [6.07, 6.45) is 1.53. The van der Waals surface area contributed by atoms with Crippen LogP contribution >= 0.6 is 23.2 Å². The fourth-order valence-corrected chi connectivity index (χ4v) is 2.69. The zero-order valence-corrected chi connectivity index (χ0v) is 13.0. The fraction of sp³-hybridized carbons (Fsp3) is 0.125. The van der Waals surface area contributed by atoms with Crippen LogP contribution in [0.2, 0.25) is 10.0 Å². The van der Waals surface area contributed by atoms with E-state index in [9.17, 15) is 9.90 Å². The Morgan fingerprint density at radius 3 is 2.64 bits per heavy atom. The highest BCUT2D eigenvalue weighted by Gasteiger charge is 2.29. The van der Waals surface area contributed by atoms with Crippen molar-refractivity contribution in [1.29, 1.82) is 0 Å². The van der Waals surface area contributed by atoms with E-state index in [-0.39, 0.29) is 17.1 Å². The molecular weight excluding hydrogens is 325 g/mol. The quantitative estimate of drug-likeness (QED) is 0.885. The van der Waals surface area contributed by atoms with Crippen LogP contribution in [0.3, 0.4) is 0 Å². The largest absolute Gasteiger partial charge is 0.507 e. The lowest BCUT2D eigenvalue weighted by atomic mass is 9.88. The molecule has 1 N–H and O–H groups in total.